The Morgan fingerprint density at radius 1 is 1.36 bits per heavy atom. The van der Waals surface area contributed by atoms with Crippen LogP contribution in [0.1, 0.15) is 11.4 Å². The molecule has 0 aliphatic carbocycles. The van der Waals surface area contributed by atoms with Crippen molar-refractivity contribution in [2.75, 3.05) is 0 Å². The fourth-order valence-electron chi connectivity index (χ4n) is 1.39. The van der Waals surface area contributed by atoms with Crippen LogP contribution >= 0.6 is 22.6 Å². The molecule has 0 unspecified atom stereocenters. The van der Waals surface area contributed by atoms with Crippen molar-refractivity contribution in [3.63, 3.8) is 0 Å². The first-order valence-electron chi connectivity index (χ1n) is 4.25. The van der Waals surface area contributed by atoms with E-state index in [0.29, 0.717) is 11.2 Å². The van der Waals surface area contributed by atoms with Crippen LogP contribution in [0.5, 0.6) is 0 Å². The Kier molecular flexibility index (Phi) is 2.30. The van der Waals surface area contributed by atoms with Crippen molar-refractivity contribution in [1.29, 1.82) is 0 Å². The summed E-state index contributed by atoms with van der Waals surface area (Å²) in [6, 6.07) is 3.82. The maximum Gasteiger partial charge on any atom is 0.258 e. The molecule has 0 saturated heterocycles. The van der Waals surface area contributed by atoms with Gasteiger partial charge in [-0.05, 0) is 54.1 Å². The smallest absolute Gasteiger partial charge is 0.258 e. The van der Waals surface area contributed by atoms with E-state index in [1.165, 1.54) is 0 Å². The van der Waals surface area contributed by atoms with Gasteiger partial charge in [-0.2, -0.15) is 0 Å². The second kappa shape index (κ2) is 3.34. The first kappa shape index (κ1) is 9.64. The predicted octanol–water partition coefficient (Wildman–Crippen LogP) is 2.14. The summed E-state index contributed by atoms with van der Waals surface area (Å²) in [5, 5.41) is 0.661. The number of aromatic amines is 1. The van der Waals surface area contributed by atoms with Crippen LogP contribution in [0, 0.1) is 17.4 Å². The molecule has 0 bridgehead atoms. The number of nitrogens with one attached hydrogen (secondary N) is 1. The molecule has 1 aromatic heterocycles. The number of benzene rings is 1. The Labute approximate surface area is 94.7 Å². The van der Waals surface area contributed by atoms with Crippen molar-refractivity contribution in [3.8, 4) is 0 Å². The summed E-state index contributed by atoms with van der Waals surface area (Å²) < 4.78 is 1.13. The minimum absolute atomic E-state index is 0.0630. The molecule has 1 N–H and O–H groups in total. The molecule has 0 amide bonds. The molecule has 14 heavy (non-hydrogen) atoms. The normalized spacial score (nSPS) is 10.8. The molecule has 1 heterocycles. The van der Waals surface area contributed by atoms with E-state index < -0.39 is 0 Å². The van der Waals surface area contributed by atoms with E-state index in [0.717, 1.165) is 14.7 Å². The first-order valence-corrected chi connectivity index (χ1v) is 5.32. The van der Waals surface area contributed by atoms with Gasteiger partial charge in [0.25, 0.3) is 5.56 Å². The van der Waals surface area contributed by atoms with Crippen LogP contribution in [0.4, 0.5) is 0 Å². The monoisotopic (exact) mass is 300 g/mol. The standard InChI is InChI=1S/C10H9IN2O/c1-5-3-7-9(4-8(5)11)12-6(2)13-10(7)14/h3-4H,1-2H3,(H,12,13,14). The van der Waals surface area contributed by atoms with E-state index in [4.69, 9.17) is 0 Å². The summed E-state index contributed by atoms with van der Waals surface area (Å²) in [6.07, 6.45) is 0. The lowest BCUT2D eigenvalue weighted by molar-refractivity contribution is 1.06. The summed E-state index contributed by atoms with van der Waals surface area (Å²) in [4.78, 5) is 18.5. The molecule has 0 saturated carbocycles. The highest BCUT2D eigenvalue weighted by atomic mass is 127. The Morgan fingerprint density at radius 3 is 2.79 bits per heavy atom. The van der Waals surface area contributed by atoms with Crippen molar-refractivity contribution >= 4 is 33.5 Å². The van der Waals surface area contributed by atoms with Gasteiger partial charge in [-0.15, -0.1) is 0 Å². The second-order valence-electron chi connectivity index (χ2n) is 3.27. The van der Waals surface area contributed by atoms with Crippen LogP contribution in [0.3, 0.4) is 0 Å². The van der Waals surface area contributed by atoms with Crippen LogP contribution in [-0.2, 0) is 0 Å². The predicted molar refractivity (Wildman–Crippen MR) is 64.6 cm³/mol. The number of halogens is 1. The molecule has 2 aromatic rings. The zero-order valence-corrected chi connectivity index (χ0v) is 10.0. The maximum atomic E-state index is 11.6. The van der Waals surface area contributed by atoms with Gasteiger partial charge in [-0.3, -0.25) is 4.79 Å². The largest absolute Gasteiger partial charge is 0.310 e. The van der Waals surface area contributed by atoms with Gasteiger partial charge in [0.1, 0.15) is 5.82 Å². The summed E-state index contributed by atoms with van der Waals surface area (Å²) in [6.45, 7) is 3.77. The van der Waals surface area contributed by atoms with E-state index in [-0.39, 0.29) is 5.56 Å². The van der Waals surface area contributed by atoms with Gasteiger partial charge in [0, 0.05) is 3.57 Å². The lowest BCUT2D eigenvalue weighted by Gasteiger charge is -2.01. The third-order valence-corrected chi connectivity index (χ3v) is 3.27. The first-order chi connectivity index (χ1) is 6.58. The molecule has 2 rings (SSSR count). The summed E-state index contributed by atoms with van der Waals surface area (Å²) >= 11 is 2.24. The average molecular weight is 300 g/mol. The lowest BCUT2D eigenvalue weighted by Crippen LogP contribution is -2.10. The maximum absolute atomic E-state index is 11.6. The summed E-state index contributed by atoms with van der Waals surface area (Å²) in [5.74, 6) is 0.655. The van der Waals surface area contributed by atoms with Crippen molar-refractivity contribution < 1.29 is 0 Å². The molecule has 4 heteroatoms. The fraction of sp³-hybridized carbons (Fsp3) is 0.200. The van der Waals surface area contributed by atoms with E-state index >= 15 is 0 Å². The third kappa shape index (κ3) is 1.54. The quantitative estimate of drug-likeness (QED) is 0.758. The highest BCUT2D eigenvalue weighted by Crippen LogP contribution is 2.16. The average Bonchev–Trinajstić information content (AvgIpc) is 2.08. The number of aromatic nitrogens is 2. The minimum atomic E-state index is -0.0630. The number of fused-ring (bicyclic) bond motifs is 1. The van der Waals surface area contributed by atoms with Crippen molar-refractivity contribution in [1.82, 2.24) is 9.97 Å². The lowest BCUT2D eigenvalue weighted by atomic mass is 10.2. The topological polar surface area (TPSA) is 45.8 Å². The molecule has 0 atom stereocenters. The molecule has 1 aromatic carbocycles. The van der Waals surface area contributed by atoms with Gasteiger partial charge in [-0.1, -0.05) is 0 Å². The number of hydrogen-bond donors (Lipinski definition) is 1. The zero-order chi connectivity index (χ0) is 10.3. The van der Waals surface area contributed by atoms with E-state index in [2.05, 4.69) is 32.6 Å². The third-order valence-electron chi connectivity index (χ3n) is 2.10. The zero-order valence-electron chi connectivity index (χ0n) is 7.89. The highest BCUT2D eigenvalue weighted by molar-refractivity contribution is 14.1. The van der Waals surface area contributed by atoms with Crippen molar-refractivity contribution in [3.05, 3.63) is 37.4 Å². The van der Waals surface area contributed by atoms with E-state index in [1.54, 1.807) is 6.92 Å². The van der Waals surface area contributed by atoms with Gasteiger partial charge < -0.3 is 4.98 Å². The van der Waals surface area contributed by atoms with Gasteiger partial charge in [0.05, 0.1) is 10.9 Å². The van der Waals surface area contributed by atoms with Crippen LogP contribution in [0.15, 0.2) is 16.9 Å². The fourth-order valence-corrected chi connectivity index (χ4v) is 1.84. The molecule has 72 valence electrons. The van der Waals surface area contributed by atoms with Crippen LogP contribution < -0.4 is 5.56 Å². The van der Waals surface area contributed by atoms with E-state index in [9.17, 15) is 4.79 Å². The Hall–Kier alpha value is -0.910. The number of H-pyrrole nitrogens is 1. The minimum Gasteiger partial charge on any atom is -0.310 e. The van der Waals surface area contributed by atoms with Gasteiger partial charge in [0.2, 0.25) is 0 Å². The summed E-state index contributed by atoms with van der Waals surface area (Å²) in [5.41, 5.74) is 1.81. The van der Waals surface area contributed by atoms with Crippen molar-refractivity contribution in [2.24, 2.45) is 0 Å². The molecular formula is C10H9IN2O. The van der Waals surface area contributed by atoms with Crippen molar-refractivity contribution in [2.45, 2.75) is 13.8 Å². The second-order valence-corrected chi connectivity index (χ2v) is 4.43. The number of nitrogens with zero attached hydrogens (tertiary/aromatic N) is 1. The van der Waals surface area contributed by atoms with Gasteiger partial charge in [-0.25, -0.2) is 4.98 Å². The molecule has 3 nitrogen and oxygen atoms in total. The highest BCUT2D eigenvalue weighted by Gasteiger charge is 2.04. The SMILES string of the molecule is Cc1nc2cc(I)c(C)cc2c(=O)[nH]1. The Balaban J connectivity index is 2.96. The van der Waals surface area contributed by atoms with Gasteiger partial charge in [0.15, 0.2) is 0 Å². The molecule has 0 radical (unpaired) electrons. The molecular weight excluding hydrogens is 291 g/mol. The Morgan fingerprint density at radius 2 is 2.07 bits per heavy atom. The number of aryl methyl sites for hydroxylation is 2. The molecule has 0 aliphatic heterocycles. The van der Waals surface area contributed by atoms with Crippen LogP contribution in [-0.4, -0.2) is 9.97 Å². The molecule has 0 fully saturated rings. The van der Waals surface area contributed by atoms with Gasteiger partial charge >= 0.3 is 0 Å². The number of hydrogen-bond acceptors (Lipinski definition) is 2. The number of rotatable bonds is 0. The molecule has 0 spiro atoms. The van der Waals surface area contributed by atoms with Crippen LogP contribution in [0.25, 0.3) is 10.9 Å². The van der Waals surface area contributed by atoms with Crippen LogP contribution in [0.2, 0.25) is 0 Å². The van der Waals surface area contributed by atoms with E-state index in [1.807, 2.05) is 19.1 Å². The Bertz CT molecular complexity index is 560. The molecule has 0 aliphatic rings. The summed E-state index contributed by atoms with van der Waals surface area (Å²) in [7, 11) is 0.